The number of rotatable bonds is 8. The molecule has 1 N–H and O–H groups in total. The first-order valence-electron chi connectivity index (χ1n) is 9.36. The van der Waals surface area contributed by atoms with Gasteiger partial charge in [-0.2, -0.15) is 0 Å². The second-order valence-corrected chi connectivity index (χ2v) is 6.89. The monoisotopic (exact) mass is 386 g/mol. The molecule has 5 heteroatoms. The van der Waals surface area contributed by atoms with Crippen molar-refractivity contribution in [3.8, 4) is 0 Å². The van der Waals surface area contributed by atoms with Gasteiger partial charge in [-0.25, -0.2) is 0 Å². The summed E-state index contributed by atoms with van der Waals surface area (Å²) in [6.45, 7) is 6.52. The smallest absolute Gasteiger partial charge is 0.223 e. The summed E-state index contributed by atoms with van der Waals surface area (Å²) in [5, 5.41) is 3.57. The normalized spacial score (nSPS) is 10.5. The summed E-state index contributed by atoms with van der Waals surface area (Å²) >= 11 is 5.87. The van der Waals surface area contributed by atoms with E-state index in [1.807, 2.05) is 30.3 Å². The van der Waals surface area contributed by atoms with Crippen LogP contribution in [0, 0.1) is 0 Å². The highest BCUT2D eigenvalue weighted by Crippen LogP contribution is 2.27. The van der Waals surface area contributed by atoms with Gasteiger partial charge in [-0.15, -0.1) is 0 Å². The molecule has 0 fully saturated rings. The van der Waals surface area contributed by atoms with E-state index in [1.165, 1.54) is 0 Å². The van der Waals surface area contributed by atoms with Crippen molar-refractivity contribution < 1.29 is 9.59 Å². The van der Waals surface area contributed by atoms with E-state index in [4.69, 9.17) is 11.6 Å². The third kappa shape index (κ3) is 5.83. The van der Waals surface area contributed by atoms with Crippen LogP contribution in [0.15, 0.2) is 42.5 Å². The van der Waals surface area contributed by atoms with Gasteiger partial charge in [-0.05, 0) is 41.7 Å². The van der Waals surface area contributed by atoms with Crippen LogP contribution in [-0.4, -0.2) is 18.4 Å². The molecule has 2 aromatic rings. The van der Waals surface area contributed by atoms with Crippen LogP contribution >= 0.6 is 11.6 Å². The van der Waals surface area contributed by atoms with Crippen LogP contribution in [-0.2, 0) is 29.0 Å². The quantitative estimate of drug-likeness (QED) is 0.724. The minimum atomic E-state index is -0.0803. The van der Waals surface area contributed by atoms with Gasteiger partial charge in [0.05, 0.1) is 0 Å². The molecule has 0 spiro atoms. The molecule has 2 amide bonds. The molecule has 0 saturated carbocycles. The second kappa shape index (κ2) is 10.1. The number of nitrogens with one attached hydrogen (secondary N) is 1. The summed E-state index contributed by atoms with van der Waals surface area (Å²) in [7, 11) is 0. The fourth-order valence-corrected chi connectivity index (χ4v) is 3.22. The molecule has 0 saturated heterocycles. The van der Waals surface area contributed by atoms with E-state index in [9.17, 15) is 9.59 Å². The Balaban J connectivity index is 2.03. The number of carbonyl (C=O) groups is 2. The number of halogens is 1. The SMILES string of the molecule is CCc1cccc(CC)c1N(CCC(=O)NCc1ccc(Cl)cc1)C(C)=O. The molecule has 2 aromatic carbocycles. The molecule has 4 nitrogen and oxygen atoms in total. The first-order chi connectivity index (χ1) is 13.0. The number of hydrogen-bond acceptors (Lipinski definition) is 2. The van der Waals surface area contributed by atoms with Crippen LogP contribution in [0.25, 0.3) is 0 Å². The van der Waals surface area contributed by atoms with E-state index in [-0.39, 0.29) is 18.2 Å². The van der Waals surface area contributed by atoms with Crippen LogP contribution in [0.4, 0.5) is 5.69 Å². The van der Waals surface area contributed by atoms with Crippen molar-refractivity contribution in [2.75, 3.05) is 11.4 Å². The Labute approximate surface area is 166 Å². The van der Waals surface area contributed by atoms with E-state index >= 15 is 0 Å². The maximum absolute atomic E-state index is 12.3. The third-order valence-corrected chi connectivity index (χ3v) is 4.83. The zero-order valence-electron chi connectivity index (χ0n) is 16.2. The lowest BCUT2D eigenvalue weighted by Crippen LogP contribution is -2.35. The van der Waals surface area contributed by atoms with Crippen LogP contribution in [0.2, 0.25) is 5.02 Å². The topological polar surface area (TPSA) is 49.4 Å². The molecule has 27 heavy (non-hydrogen) atoms. The average molecular weight is 387 g/mol. The second-order valence-electron chi connectivity index (χ2n) is 6.46. The van der Waals surface area contributed by atoms with Crippen LogP contribution in [0.1, 0.15) is 43.9 Å². The zero-order valence-corrected chi connectivity index (χ0v) is 17.0. The first-order valence-corrected chi connectivity index (χ1v) is 9.74. The molecule has 0 heterocycles. The predicted octanol–water partition coefficient (Wildman–Crippen LogP) is 4.52. The number of hydrogen-bond donors (Lipinski definition) is 1. The van der Waals surface area contributed by atoms with Gasteiger partial charge in [0, 0.05) is 37.1 Å². The van der Waals surface area contributed by atoms with Crippen molar-refractivity contribution in [1.29, 1.82) is 0 Å². The van der Waals surface area contributed by atoms with E-state index in [0.717, 1.165) is 35.2 Å². The predicted molar refractivity (Wildman–Crippen MR) is 111 cm³/mol. The summed E-state index contributed by atoms with van der Waals surface area (Å²) in [6, 6.07) is 13.5. The molecule has 144 valence electrons. The van der Waals surface area contributed by atoms with Crippen LogP contribution in [0.3, 0.4) is 0 Å². The van der Waals surface area contributed by atoms with Gasteiger partial charge in [0.2, 0.25) is 11.8 Å². The van der Waals surface area contributed by atoms with Crippen LogP contribution in [0.5, 0.6) is 0 Å². The van der Waals surface area contributed by atoms with E-state index in [0.29, 0.717) is 18.1 Å². The summed E-state index contributed by atoms with van der Waals surface area (Å²) in [5.74, 6) is -0.126. The molecular formula is C22H27ClN2O2. The van der Waals surface area contributed by atoms with Crippen molar-refractivity contribution >= 4 is 29.1 Å². The third-order valence-electron chi connectivity index (χ3n) is 4.58. The fraction of sp³-hybridized carbons (Fsp3) is 0.364. The highest BCUT2D eigenvalue weighted by Gasteiger charge is 2.19. The lowest BCUT2D eigenvalue weighted by molar-refractivity contribution is -0.121. The Morgan fingerprint density at radius 1 is 1.00 bits per heavy atom. The molecule has 0 unspecified atom stereocenters. The fourth-order valence-electron chi connectivity index (χ4n) is 3.09. The van der Waals surface area contributed by atoms with Crippen molar-refractivity contribution in [2.45, 2.75) is 46.6 Å². The number of aryl methyl sites for hydroxylation is 2. The molecular weight excluding hydrogens is 360 g/mol. The summed E-state index contributed by atoms with van der Waals surface area (Å²) in [5.41, 5.74) is 4.21. The number of carbonyl (C=O) groups excluding carboxylic acids is 2. The largest absolute Gasteiger partial charge is 0.352 e. The highest BCUT2D eigenvalue weighted by atomic mass is 35.5. The van der Waals surface area contributed by atoms with Crippen LogP contribution < -0.4 is 10.2 Å². The van der Waals surface area contributed by atoms with Gasteiger partial charge in [-0.3, -0.25) is 9.59 Å². The standard InChI is InChI=1S/C22H27ClN2O2/c1-4-18-7-6-8-19(5-2)22(18)25(16(3)26)14-13-21(27)24-15-17-9-11-20(23)12-10-17/h6-12H,4-5,13-15H2,1-3H3,(H,24,27). The zero-order chi connectivity index (χ0) is 19.8. The number of para-hydroxylation sites is 1. The maximum Gasteiger partial charge on any atom is 0.223 e. The van der Waals surface area contributed by atoms with Gasteiger partial charge < -0.3 is 10.2 Å². The van der Waals surface area contributed by atoms with E-state index in [1.54, 1.807) is 24.0 Å². The van der Waals surface area contributed by atoms with Gasteiger partial charge >= 0.3 is 0 Å². The number of anilines is 1. The lowest BCUT2D eigenvalue weighted by Gasteiger charge is -2.26. The van der Waals surface area contributed by atoms with Gasteiger partial charge in [0.1, 0.15) is 0 Å². The Morgan fingerprint density at radius 3 is 2.11 bits per heavy atom. The Hall–Kier alpha value is -2.33. The minimum Gasteiger partial charge on any atom is -0.352 e. The molecule has 0 atom stereocenters. The number of amides is 2. The maximum atomic E-state index is 12.3. The molecule has 0 aliphatic carbocycles. The highest BCUT2D eigenvalue weighted by molar-refractivity contribution is 6.30. The van der Waals surface area contributed by atoms with Crippen molar-refractivity contribution in [1.82, 2.24) is 5.32 Å². The number of nitrogens with zero attached hydrogens (tertiary/aromatic N) is 1. The van der Waals surface area contributed by atoms with Crippen molar-refractivity contribution in [2.24, 2.45) is 0 Å². The van der Waals surface area contributed by atoms with Crippen molar-refractivity contribution in [3.63, 3.8) is 0 Å². The first kappa shape index (κ1) is 21.0. The minimum absolute atomic E-state index is 0.0453. The van der Waals surface area contributed by atoms with Gasteiger partial charge in [0.15, 0.2) is 0 Å². The summed E-state index contributed by atoms with van der Waals surface area (Å²) in [6.07, 6.45) is 1.94. The molecule has 0 aliphatic heterocycles. The van der Waals surface area contributed by atoms with Crippen molar-refractivity contribution in [3.05, 3.63) is 64.2 Å². The Bertz CT molecular complexity index is 765. The van der Waals surface area contributed by atoms with Gasteiger partial charge in [-0.1, -0.05) is 55.8 Å². The number of benzene rings is 2. The Morgan fingerprint density at radius 2 is 1.59 bits per heavy atom. The average Bonchev–Trinajstić information content (AvgIpc) is 2.67. The van der Waals surface area contributed by atoms with Gasteiger partial charge in [0.25, 0.3) is 0 Å². The summed E-state index contributed by atoms with van der Waals surface area (Å²) < 4.78 is 0. The molecule has 0 aliphatic rings. The molecule has 2 rings (SSSR count). The molecule has 0 aromatic heterocycles. The lowest BCUT2D eigenvalue weighted by atomic mass is 10.0. The van der Waals surface area contributed by atoms with E-state index < -0.39 is 0 Å². The Kier molecular flexibility index (Phi) is 7.86. The molecule has 0 radical (unpaired) electrons. The van der Waals surface area contributed by atoms with E-state index in [2.05, 4.69) is 19.2 Å². The molecule has 0 bridgehead atoms. The summed E-state index contributed by atoms with van der Waals surface area (Å²) in [4.78, 5) is 26.3.